The predicted molar refractivity (Wildman–Crippen MR) is 117 cm³/mol. The lowest BCUT2D eigenvalue weighted by Gasteiger charge is -2.13. The van der Waals surface area contributed by atoms with Gasteiger partial charge in [0.15, 0.2) is 11.5 Å². The summed E-state index contributed by atoms with van der Waals surface area (Å²) in [5, 5.41) is 14.9. The second-order valence-electron chi connectivity index (χ2n) is 7.12. The van der Waals surface area contributed by atoms with E-state index in [0.717, 1.165) is 0 Å². The molecule has 0 saturated heterocycles. The Balaban J connectivity index is 2.07. The molecule has 0 saturated carbocycles. The van der Waals surface area contributed by atoms with Crippen LogP contribution in [0.1, 0.15) is 29.8 Å². The van der Waals surface area contributed by atoms with Gasteiger partial charge in [0.1, 0.15) is 5.75 Å². The molecular formula is C23H24N2O6. The summed E-state index contributed by atoms with van der Waals surface area (Å²) in [6.07, 6.45) is 1.72. The van der Waals surface area contributed by atoms with Gasteiger partial charge in [0.05, 0.1) is 43.9 Å². The Labute approximate surface area is 180 Å². The third-order valence-corrected chi connectivity index (χ3v) is 4.85. The Morgan fingerprint density at radius 3 is 2.10 bits per heavy atom. The molecule has 1 amide bonds. The molecule has 0 aromatic heterocycles. The highest BCUT2D eigenvalue weighted by atomic mass is 16.5. The van der Waals surface area contributed by atoms with Crippen LogP contribution >= 0.6 is 0 Å². The Kier molecular flexibility index (Phi) is 6.29. The molecule has 1 aliphatic heterocycles. The van der Waals surface area contributed by atoms with Gasteiger partial charge in [-0.3, -0.25) is 4.79 Å². The van der Waals surface area contributed by atoms with Gasteiger partial charge >= 0.3 is 5.97 Å². The molecule has 1 heterocycles. The zero-order chi connectivity index (χ0) is 22.7. The monoisotopic (exact) mass is 424 g/mol. The van der Waals surface area contributed by atoms with Gasteiger partial charge in [-0.05, 0) is 42.3 Å². The smallest absolute Gasteiger partial charge is 0.335 e. The SMILES string of the molecule is COc1cc(OC)c(OC)cc1/C=C1/C(=O)N(c2ccc(C(=O)O)cc2)N=C1C(C)C. The van der Waals surface area contributed by atoms with Crippen molar-refractivity contribution in [3.05, 3.63) is 53.1 Å². The van der Waals surface area contributed by atoms with E-state index in [9.17, 15) is 9.59 Å². The van der Waals surface area contributed by atoms with Crippen molar-refractivity contribution in [1.82, 2.24) is 0 Å². The van der Waals surface area contributed by atoms with Crippen LogP contribution in [0, 0.1) is 5.92 Å². The van der Waals surface area contributed by atoms with Crippen molar-refractivity contribution in [2.75, 3.05) is 26.3 Å². The molecule has 1 N–H and O–H groups in total. The molecule has 0 radical (unpaired) electrons. The molecule has 0 unspecified atom stereocenters. The number of ether oxygens (including phenoxy) is 3. The number of carbonyl (C=O) groups excluding carboxylic acids is 1. The molecule has 8 nitrogen and oxygen atoms in total. The number of amides is 1. The van der Waals surface area contributed by atoms with Crippen LogP contribution in [0.3, 0.4) is 0 Å². The first kappa shape index (κ1) is 21.9. The third kappa shape index (κ3) is 4.23. The first-order chi connectivity index (χ1) is 14.8. The molecular weight excluding hydrogens is 400 g/mol. The second kappa shape index (κ2) is 8.91. The van der Waals surface area contributed by atoms with E-state index in [-0.39, 0.29) is 17.4 Å². The number of carbonyl (C=O) groups is 2. The van der Waals surface area contributed by atoms with Gasteiger partial charge in [-0.25, -0.2) is 4.79 Å². The first-order valence-corrected chi connectivity index (χ1v) is 9.59. The van der Waals surface area contributed by atoms with Crippen LogP contribution in [0.15, 0.2) is 47.1 Å². The zero-order valence-corrected chi connectivity index (χ0v) is 18.0. The highest BCUT2D eigenvalue weighted by Crippen LogP contribution is 2.37. The lowest BCUT2D eigenvalue weighted by molar-refractivity contribution is -0.114. The number of hydrogen-bond acceptors (Lipinski definition) is 6. The van der Waals surface area contributed by atoms with Crippen LogP contribution in [0.25, 0.3) is 6.08 Å². The fraction of sp³-hybridized carbons (Fsp3) is 0.261. The number of carboxylic acids is 1. The molecule has 162 valence electrons. The maximum absolute atomic E-state index is 13.3. The minimum Gasteiger partial charge on any atom is -0.496 e. The lowest BCUT2D eigenvalue weighted by Crippen LogP contribution is -2.21. The van der Waals surface area contributed by atoms with Crippen LogP contribution in [0.5, 0.6) is 17.2 Å². The Morgan fingerprint density at radius 1 is 1.00 bits per heavy atom. The molecule has 0 atom stereocenters. The van der Waals surface area contributed by atoms with E-state index in [4.69, 9.17) is 19.3 Å². The van der Waals surface area contributed by atoms with Gasteiger partial charge in [0.2, 0.25) is 0 Å². The maximum atomic E-state index is 13.3. The lowest BCUT2D eigenvalue weighted by atomic mass is 9.97. The van der Waals surface area contributed by atoms with Gasteiger partial charge < -0.3 is 19.3 Å². The molecule has 31 heavy (non-hydrogen) atoms. The summed E-state index contributed by atoms with van der Waals surface area (Å²) in [5.41, 5.74) is 2.29. The van der Waals surface area contributed by atoms with Crippen LogP contribution in [-0.4, -0.2) is 44.0 Å². The molecule has 0 bridgehead atoms. The fourth-order valence-corrected chi connectivity index (χ4v) is 3.23. The number of carboxylic acid groups (broad SMARTS) is 1. The summed E-state index contributed by atoms with van der Waals surface area (Å²) in [6, 6.07) is 9.42. The quantitative estimate of drug-likeness (QED) is 0.678. The van der Waals surface area contributed by atoms with Gasteiger partial charge in [0, 0.05) is 11.6 Å². The Bertz CT molecular complexity index is 1070. The molecule has 8 heteroatoms. The molecule has 0 spiro atoms. The normalized spacial score (nSPS) is 14.8. The summed E-state index contributed by atoms with van der Waals surface area (Å²) in [4.78, 5) is 24.4. The highest BCUT2D eigenvalue weighted by Gasteiger charge is 2.33. The van der Waals surface area contributed by atoms with E-state index in [0.29, 0.717) is 39.8 Å². The van der Waals surface area contributed by atoms with Crippen LogP contribution in [0.2, 0.25) is 0 Å². The second-order valence-corrected chi connectivity index (χ2v) is 7.12. The third-order valence-electron chi connectivity index (χ3n) is 4.85. The number of aromatic carboxylic acids is 1. The van der Waals surface area contributed by atoms with Crippen LogP contribution in [0.4, 0.5) is 5.69 Å². The van der Waals surface area contributed by atoms with Crippen molar-refractivity contribution in [2.24, 2.45) is 11.0 Å². The van der Waals surface area contributed by atoms with Crippen molar-refractivity contribution in [3.8, 4) is 17.2 Å². The van der Waals surface area contributed by atoms with E-state index in [1.165, 1.54) is 38.5 Å². The number of benzene rings is 2. The van der Waals surface area contributed by atoms with Crippen molar-refractivity contribution in [1.29, 1.82) is 0 Å². The van der Waals surface area contributed by atoms with Crippen LogP contribution < -0.4 is 19.2 Å². The zero-order valence-electron chi connectivity index (χ0n) is 18.0. The van der Waals surface area contributed by atoms with Gasteiger partial charge in [-0.1, -0.05) is 13.8 Å². The standard InChI is InChI=1S/C23H24N2O6/c1-13(2)21-17(10-15-11-19(30-4)20(31-5)12-18(15)29-3)22(26)25(24-21)16-8-6-14(7-9-16)23(27)28/h6-13H,1-5H3,(H,27,28)/b17-10+. The van der Waals surface area contributed by atoms with Crippen molar-refractivity contribution < 1.29 is 28.9 Å². The van der Waals surface area contributed by atoms with E-state index in [1.807, 2.05) is 13.8 Å². The van der Waals surface area contributed by atoms with E-state index < -0.39 is 5.97 Å². The minimum absolute atomic E-state index is 0.0235. The molecule has 2 aromatic rings. The average molecular weight is 424 g/mol. The number of hydrogen-bond donors (Lipinski definition) is 1. The summed E-state index contributed by atoms with van der Waals surface area (Å²) >= 11 is 0. The van der Waals surface area contributed by atoms with Gasteiger partial charge in [-0.15, -0.1) is 0 Å². The van der Waals surface area contributed by atoms with E-state index in [1.54, 1.807) is 30.3 Å². The molecule has 3 rings (SSSR count). The summed E-state index contributed by atoms with van der Waals surface area (Å²) in [5.74, 6) is 0.159. The molecule has 0 aliphatic carbocycles. The maximum Gasteiger partial charge on any atom is 0.335 e. The number of methoxy groups -OCH3 is 3. The number of rotatable bonds is 7. The predicted octanol–water partition coefficient (Wildman–Crippen LogP) is 3.85. The van der Waals surface area contributed by atoms with Gasteiger partial charge in [-0.2, -0.15) is 10.1 Å². The highest BCUT2D eigenvalue weighted by molar-refractivity contribution is 6.33. The average Bonchev–Trinajstić information content (AvgIpc) is 3.09. The molecule has 2 aromatic carbocycles. The van der Waals surface area contributed by atoms with E-state index in [2.05, 4.69) is 5.10 Å². The van der Waals surface area contributed by atoms with Crippen molar-refractivity contribution in [2.45, 2.75) is 13.8 Å². The molecule has 0 fully saturated rings. The number of nitrogens with zero attached hydrogens (tertiary/aromatic N) is 2. The topological polar surface area (TPSA) is 97.7 Å². The largest absolute Gasteiger partial charge is 0.496 e. The Morgan fingerprint density at radius 2 is 1.58 bits per heavy atom. The first-order valence-electron chi connectivity index (χ1n) is 9.59. The van der Waals surface area contributed by atoms with Crippen molar-refractivity contribution in [3.63, 3.8) is 0 Å². The molecule has 1 aliphatic rings. The van der Waals surface area contributed by atoms with Crippen LogP contribution in [-0.2, 0) is 4.79 Å². The minimum atomic E-state index is -1.04. The number of hydrazone groups is 1. The Hall–Kier alpha value is -3.81. The summed E-state index contributed by atoms with van der Waals surface area (Å²) in [6.45, 7) is 3.89. The van der Waals surface area contributed by atoms with Crippen molar-refractivity contribution >= 4 is 29.4 Å². The van der Waals surface area contributed by atoms with Gasteiger partial charge in [0.25, 0.3) is 5.91 Å². The van der Waals surface area contributed by atoms with E-state index >= 15 is 0 Å². The number of anilines is 1. The fourth-order valence-electron chi connectivity index (χ4n) is 3.23. The summed E-state index contributed by atoms with van der Waals surface area (Å²) in [7, 11) is 4.60. The summed E-state index contributed by atoms with van der Waals surface area (Å²) < 4.78 is 16.2.